The fraction of sp³-hybridized carbons (Fsp3) is 1.00. The van der Waals surface area contributed by atoms with Crippen LogP contribution in [-0.2, 0) is 0 Å². The van der Waals surface area contributed by atoms with Crippen molar-refractivity contribution >= 4 is 0 Å². The Labute approximate surface area is 72.1 Å². The lowest BCUT2D eigenvalue weighted by Crippen LogP contribution is -2.50. The lowest BCUT2D eigenvalue weighted by Gasteiger charge is -2.32. The average molecular weight is 173 g/mol. The van der Waals surface area contributed by atoms with E-state index in [-0.39, 0.29) is 11.2 Å². The summed E-state index contributed by atoms with van der Waals surface area (Å²) < 4.78 is 0. The molecule has 1 aliphatic heterocycles. The highest BCUT2D eigenvalue weighted by molar-refractivity contribution is 4.68. The number of hydrazine groups is 1. The Hall–Kier alpha value is -0.840. The molecule has 5 nitrogen and oxygen atoms in total. The van der Waals surface area contributed by atoms with Gasteiger partial charge in [-0.1, -0.05) is 0 Å². The van der Waals surface area contributed by atoms with E-state index >= 15 is 0 Å². The quantitative estimate of drug-likeness (QED) is 0.452. The van der Waals surface area contributed by atoms with E-state index in [1.165, 1.54) is 5.01 Å². The third-order valence-electron chi connectivity index (χ3n) is 2.25. The second kappa shape index (κ2) is 3.71. The normalized spacial score (nSPS) is 24.6. The molecule has 0 saturated carbocycles. The van der Waals surface area contributed by atoms with Gasteiger partial charge in [-0.15, -0.1) is 5.01 Å². The standard InChI is InChI=1S/C7H15N3O2/c1-8(2)7-5-3-4-6-9(7)10(11)12/h7H,3-6H2,1-2H3. The summed E-state index contributed by atoms with van der Waals surface area (Å²) in [6.07, 6.45) is 2.90. The van der Waals surface area contributed by atoms with Gasteiger partial charge in [0.1, 0.15) is 6.17 Å². The van der Waals surface area contributed by atoms with Crippen molar-refractivity contribution in [3.05, 3.63) is 10.1 Å². The van der Waals surface area contributed by atoms with Gasteiger partial charge in [0.2, 0.25) is 0 Å². The summed E-state index contributed by atoms with van der Waals surface area (Å²) >= 11 is 0. The number of rotatable bonds is 2. The third-order valence-corrected chi connectivity index (χ3v) is 2.25. The number of hydrogen-bond acceptors (Lipinski definition) is 3. The van der Waals surface area contributed by atoms with Gasteiger partial charge in [0.25, 0.3) is 0 Å². The van der Waals surface area contributed by atoms with E-state index in [9.17, 15) is 10.1 Å². The summed E-state index contributed by atoms with van der Waals surface area (Å²) in [6.45, 7) is 0.579. The van der Waals surface area contributed by atoms with Crippen LogP contribution >= 0.6 is 0 Å². The van der Waals surface area contributed by atoms with Gasteiger partial charge in [-0.3, -0.25) is 4.90 Å². The van der Waals surface area contributed by atoms with Crippen molar-refractivity contribution in [1.29, 1.82) is 0 Å². The van der Waals surface area contributed by atoms with Crippen LogP contribution in [-0.4, -0.2) is 41.7 Å². The van der Waals surface area contributed by atoms with E-state index < -0.39 is 0 Å². The molecule has 0 aromatic carbocycles. The summed E-state index contributed by atoms with van der Waals surface area (Å²) in [7, 11) is 3.76. The van der Waals surface area contributed by atoms with Gasteiger partial charge in [0.05, 0.1) is 6.54 Å². The van der Waals surface area contributed by atoms with Crippen molar-refractivity contribution in [2.75, 3.05) is 20.6 Å². The minimum Gasteiger partial charge on any atom is -0.285 e. The molecule has 0 spiro atoms. The Morgan fingerprint density at radius 1 is 1.50 bits per heavy atom. The van der Waals surface area contributed by atoms with E-state index in [4.69, 9.17) is 0 Å². The molecule has 1 fully saturated rings. The lowest BCUT2D eigenvalue weighted by molar-refractivity contribution is -0.672. The van der Waals surface area contributed by atoms with Crippen molar-refractivity contribution < 1.29 is 5.03 Å². The fourth-order valence-electron chi connectivity index (χ4n) is 1.61. The summed E-state index contributed by atoms with van der Waals surface area (Å²) in [5, 5.41) is 11.6. The molecule has 0 N–H and O–H groups in total. The maximum atomic E-state index is 10.6. The van der Waals surface area contributed by atoms with Crippen LogP contribution in [0, 0.1) is 10.1 Å². The molecular formula is C7H15N3O2. The van der Waals surface area contributed by atoms with Crippen molar-refractivity contribution in [2.24, 2.45) is 0 Å². The Morgan fingerprint density at radius 2 is 2.17 bits per heavy atom. The Balaban J connectivity index is 2.60. The molecule has 1 saturated heterocycles. The molecule has 0 radical (unpaired) electrons. The van der Waals surface area contributed by atoms with Crippen LogP contribution in [0.2, 0.25) is 0 Å². The molecule has 1 heterocycles. The molecule has 0 aliphatic carbocycles. The zero-order chi connectivity index (χ0) is 9.14. The predicted octanol–water partition coefficient (Wildman–Crippen LogP) is 0.552. The molecular weight excluding hydrogens is 158 g/mol. The SMILES string of the molecule is CN(C)C1CCCCN1[N+](=O)[O-]. The summed E-state index contributed by atoms with van der Waals surface area (Å²) in [5.74, 6) is 0. The summed E-state index contributed by atoms with van der Waals surface area (Å²) in [6, 6.07) is 0. The highest BCUT2D eigenvalue weighted by Crippen LogP contribution is 2.17. The number of piperidine rings is 1. The summed E-state index contributed by atoms with van der Waals surface area (Å²) in [5.41, 5.74) is 0. The first-order valence-electron chi connectivity index (χ1n) is 4.20. The van der Waals surface area contributed by atoms with E-state index in [2.05, 4.69) is 0 Å². The van der Waals surface area contributed by atoms with Crippen LogP contribution in [0.3, 0.4) is 0 Å². The minimum absolute atomic E-state index is 0.0197. The average Bonchev–Trinajstić information content (AvgIpc) is 2.04. The van der Waals surface area contributed by atoms with Gasteiger partial charge in [-0.25, -0.2) is 10.1 Å². The van der Waals surface area contributed by atoms with Crippen molar-refractivity contribution in [3.8, 4) is 0 Å². The van der Waals surface area contributed by atoms with Gasteiger partial charge in [0, 0.05) is 0 Å². The molecule has 0 aromatic heterocycles. The van der Waals surface area contributed by atoms with E-state index in [1.54, 1.807) is 0 Å². The van der Waals surface area contributed by atoms with Crippen LogP contribution < -0.4 is 0 Å². The largest absolute Gasteiger partial charge is 0.285 e. The van der Waals surface area contributed by atoms with E-state index in [1.807, 2.05) is 19.0 Å². The number of nitro groups is 1. The van der Waals surface area contributed by atoms with E-state index in [0.29, 0.717) is 6.54 Å². The molecule has 1 atom stereocenters. The topological polar surface area (TPSA) is 49.6 Å². The molecule has 70 valence electrons. The third kappa shape index (κ3) is 1.85. The molecule has 1 unspecified atom stereocenters. The molecule has 0 bridgehead atoms. The van der Waals surface area contributed by atoms with Crippen molar-refractivity contribution in [1.82, 2.24) is 9.91 Å². The molecule has 1 aliphatic rings. The molecule has 0 amide bonds. The Bertz CT molecular complexity index is 172. The smallest absolute Gasteiger partial charge is 0.161 e. The molecule has 12 heavy (non-hydrogen) atoms. The van der Waals surface area contributed by atoms with Crippen LogP contribution in [0.1, 0.15) is 19.3 Å². The van der Waals surface area contributed by atoms with Gasteiger partial charge >= 0.3 is 0 Å². The van der Waals surface area contributed by atoms with Crippen LogP contribution in [0.4, 0.5) is 0 Å². The minimum atomic E-state index is -0.288. The first-order chi connectivity index (χ1) is 5.63. The Kier molecular flexibility index (Phi) is 2.86. The first kappa shape index (κ1) is 9.25. The fourth-order valence-corrected chi connectivity index (χ4v) is 1.61. The lowest BCUT2D eigenvalue weighted by atomic mass is 10.1. The van der Waals surface area contributed by atoms with Gasteiger partial charge in [-0.2, -0.15) is 0 Å². The zero-order valence-corrected chi connectivity index (χ0v) is 7.56. The van der Waals surface area contributed by atoms with Crippen LogP contribution in [0.15, 0.2) is 0 Å². The highest BCUT2D eigenvalue weighted by atomic mass is 16.7. The Morgan fingerprint density at radius 3 is 2.58 bits per heavy atom. The van der Waals surface area contributed by atoms with E-state index in [0.717, 1.165) is 19.3 Å². The monoisotopic (exact) mass is 173 g/mol. The van der Waals surface area contributed by atoms with Crippen molar-refractivity contribution in [3.63, 3.8) is 0 Å². The maximum absolute atomic E-state index is 10.6. The van der Waals surface area contributed by atoms with Gasteiger partial charge in [0.15, 0.2) is 5.03 Å². The second-order valence-electron chi connectivity index (χ2n) is 3.34. The molecule has 0 aromatic rings. The highest BCUT2D eigenvalue weighted by Gasteiger charge is 2.30. The van der Waals surface area contributed by atoms with Gasteiger partial charge < -0.3 is 0 Å². The second-order valence-corrected chi connectivity index (χ2v) is 3.34. The van der Waals surface area contributed by atoms with Crippen LogP contribution in [0.25, 0.3) is 0 Å². The molecule has 5 heteroatoms. The van der Waals surface area contributed by atoms with Gasteiger partial charge in [-0.05, 0) is 33.4 Å². The van der Waals surface area contributed by atoms with Crippen molar-refractivity contribution in [2.45, 2.75) is 25.4 Å². The predicted molar refractivity (Wildman–Crippen MR) is 45.0 cm³/mol. The summed E-state index contributed by atoms with van der Waals surface area (Å²) in [4.78, 5) is 12.5. The number of hydrogen-bond donors (Lipinski definition) is 0. The van der Waals surface area contributed by atoms with Crippen LogP contribution in [0.5, 0.6) is 0 Å². The zero-order valence-electron chi connectivity index (χ0n) is 7.56. The number of nitrogens with zero attached hydrogens (tertiary/aromatic N) is 3. The maximum Gasteiger partial charge on any atom is 0.161 e. The molecule has 1 rings (SSSR count). The first-order valence-corrected chi connectivity index (χ1v) is 4.20.